The van der Waals surface area contributed by atoms with Crippen LogP contribution in [-0.2, 0) is 9.59 Å². The Bertz CT molecular complexity index is 223. The fraction of sp³-hybridized carbons (Fsp3) is 0.750. The number of aliphatic carboxylic acids is 1. The summed E-state index contributed by atoms with van der Waals surface area (Å²) in [4.78, 5) is 23.0. The quantitative estimate of drug-likeness (QED) is 0.597. The van der Waals surface area contributed by atoms with Crippen molar-refractivity contribution in [3.8, 4) is 0 Å². The predicted molar refractivity (Wildman–Crippen MR) is 45.9 cm³/mol. The molecule has 1 fully saturated rings. The van der Waals surface area contributed by atoms with E-state index in [0.717, 1.165) is 0 Å². The standard InChI is InChI=1S/C8H14N2O3/c1-5(7(9)11)2-10-3-6(4-10)8(12)13/h5-6H,2-4H2,1H3,(H2,9,11)(H,12,13). The number of nitrogens with two attached hydrogens (primary N) is 1. The van der Waals surface area contributed by atoms with Gasteiger partial charge in [0, 0.05) is 25.6 Å². The second-order valence-corrected chi connectivity index (χ2v) is 3.56. The van der Waals surface area contributed by atoms with Crippen molar-refractivity contribution in [2.45, 2.75) is 6.92 Å². The van der Waals surface area contributed by atoms with E-state index in [0.29, 0.717) is 19.6 Å². The number of rotatable bonds is 4. The van der Waals surface area contributed by atoms with E-state index in [1.807, 2.05) is 4.90 Å². The summed E-state index contributed by atoms with van der Waals surface area (Å²) in [6.45, 7) is 3.38. The Hall–Kier alpha value is -1.10. The van der Waals surface area contributed by atoms with Gasteiger partial charge in [0.15, 0.2) is 0 Å². The first kappa shape index (κ1) is 9.98. The maximum atomic E-state index is 10.7. The fourth-order valence-corrected chi connectivity index (χ4v) is 1.35. The average molecular weight is 186 g/mol. The lowest BCUT2D eigenvalue weighted by atomic mass is 9.98. The summed E-state index contributed by atoms with van der Waals surface area (Å²) in [5.74, 6) is -1.56. The van der Waals surface area contributed by atoms with Crippen molar-refractivity contribution in [3.05, 3.63) is 0 Å². The van der Waals surface area contributed by atoms with E-state index < -0.39 is 5.97 Å². The highest BCUT2D eigenvalue weighted by molar-refractivity contribution is 5.76. The van der Waals surface area contributed by atoms with Crippen molar-refractivity contribution in [1.29, 1.82) is 0 Å². The molecular weight excluding hydrogens is 172 g/mol. The van der Waals surface area contributed by atoms with E-state index in [1.165, 1.54) is 0 Å². The van der Waals surface area contributed by atoms with Gasteiger partial charge < -0.3 is 15.7 Å². The zero-order valence-electron chi connectivity index (χ0n) is 7.56. The third-order valence-corrected chi connectivity index (χ3v) is 2.32. The van der Waals surface area contributed by atoms with Gasteiger partial charge in [0.25, 0.3) is 0 Å². The lowest BCUT2D eigenvalue weighted by Crippen LogP contribution is -2.52. The molecule has 0 saturated carbocycles. The maximum absolute atomic E-state index is 10.7. The van der Waals surface area contributed by atoms with Gasteiger partial charge in [-0.05, 0) is 0 Å². The summed E-state index contributed by atoms with van der Waals surface area (Å²) in [5, 5.41) is 8.58. The van der Waals surface area contributed by atoms with Crippen molar-refractivity contribution in [2.24, 2.45) is 17.6 Å². The summed E-state index contributed by atoms with van der Waals surface area (Å²) in [6.07, 6.45) is 0. The molecule has 3 N–H and O–H groups in total. The molecule has 0 aliphatic carbocycles. The molecule has 1 aliphatic rings. The first-order valence-corrected chi connectivity index (χ1v) is 4.25. The molecule has 1 saturated heterocycles. The smallest absolute Gasteiger partial charge is 0.309 e. The van der Waals surface area contributed by atoms with Gasteiger partial charge in [-0.1, -0.05) is 6.92 Å². The first-order valence-electron chi connectivity index (χ1n) is 4.25. The van der Waals surface area contributed by atoms with Crippen LogP contribution in [0.15, 0.2) is 0 Å². The minimum absolute atomic E-state index is 0.199. The molecule has 0 radical (unpaired) electrons. The van der Waals surface area contributed by atoms with Gasteiger partial charge in [-0.3, -0.25) is 9.59 Å². The highest BCUT2D eigenvalue weighted by atomic mass is 16.4. The normalized spacial score (nSPS) is 20.7. The zero-order valence-corrected chi connectivity index (χ0v) is 7.56. The molecule has 0 aromatic rings. The fourth-order valence-electron chi connectivity index (χ4n) is 1.35. The summed E-state index contributed by atoms with van der Waals surface area (Å²) in [5.41, 5.74) is 5.08. The zero-order chi connectivity index (χ0) is 10.0. The topological polar surface area (TPSA) is 83.6 Å². The van der Waals surface area contributed by atoms with Gasteiger partial charge >= 0.3 is 5.97 Å². The Kier molecular flexibility index (Phi) is 2.87. The van der Waals surface area contributed by atoms with Crippen LogP contribution in [0.2, 0.25) is 0 Å². The van der Waals surface area contributed by atoms with Crippen LogP contribution >= 0.6 is 0 Å². The number of amides is 1. The summed E-state index contributed by atoms with van der Waals surface area (Å²) < 4.78 is 0. The number of primary amides is 1. The number of nitrogens with zero attached hydrogens (tertiary/aromatic N) is 1. The molecule has 1 rings (SSSR count). The molecule has 1 amide bonds. The van der Waals surface area contributed by atoms with Crippen LogP contribution in [-0.4, -0.2) is 41.5 Å². The predicted octanol–water partition coefficient (Wildman–Crippen LogP) is -0.876. The molecule has 0 aromatic heterocycles. The highest BCUT2D eigenvalue weighted by Crippen LogP contribution is 2.16. The Balaban J connectivity index is 2.21. The highest BCUT2D eigenvalue weighted by Gasteiger charge is 2.33. The minimum atomic E-state index is -0.761. The number of carboxylic acids is 1. The van der Waals surface area contributed by atoms with E-state index in [1.54, 1.807) is 6.92 Å². The molecule has 0 aromatic carbocycles. The Labute approximate surface area is 76.5 Å². The van der Waals surface area contributed by atoms with Gasteiger partial charge in [-0.2, -0.15) is 0 Å². The van der Waals surface area contributed by atoms with Crippen molar-refractivity contribution in [1.82, 2.24) is 4.90 Å². The Morgan fingerprint density at radius 3 is 2.54 bits per heavy atom. The molecule has 5 heteroatoms. The monoisotopic (exact) mass is 186 g/mol. The van der Waals surface area contributed by atoms with Gasteiger partial charge in [-0.25, -0.2) is 0 Å². The number of likely N-dealkylation sites (tertiary alicyclic amines) is 1. The second kappa shape index (κ2) is 3.74. The third kappa shape index (κ3) is 2.42. The number of hydrogen-bond acceptors (Lipinski definition) is 3. The van der Waals surface area contributed by atoms with Crippen molar-refractivity contribution in [3.63, 3.8) is 0 Å². The van der Waals surface area contributed by atoms with Crippen molar-refractivity contribution < 1.29 is 14.7 Å². The number of carboxylic acid groups (broad SMARTS) is 1. The van der Waals surface area contributed by atoms with E-state index >= 15 is 0 Å². The molecule has 5 nitrogen and oxygen atoms in total. The first-order chi connectivity index (χ1) is 6.00. The summed E-state index contributed by atoms with van der Waals surface area (Å²) in [7, 11) is 0. The molecule has 1 heterocycles. The summed E-state index contributed by atoms with van der Waals surface area (Å²) in [6, 6.07) is 0. The maximum Gasteiger partial charge on any atom is 0.309 e. The lowest BCUT2D eigenvalue weighted by molar-refractivity contribution is -0.147. The Morgan fingerprint density at radius 1 is 1.62 bits per heavy atom. The number of carbonyl (C=O) groups excluding carboxylic acids is 1. The molecule has 0 spiro atoms. The van der Waals surface area contributed by atoms with E-state index in [4.69, 9.17) is 10.8 Å². The van der Waals surface area contributed by atoms with Crippen molar-refractivity contribution >= 4 is 11.9 Å². The van der Waals surface area contributed by atoms with E-state index in [9.17, 15) is 9.59 Å². The van der Waals surface area contributed by atoms with Crippen LogP contribution in [0.3, 0.4) is 0 Å². The lowest BCUT2D eigenvalue weighted by Gasteiger charge is -2.37. The summed E-state index contributed by atoms with van der Waals surface area (Å²) >= 11 is 0. The van der Waals surface area contributed by atoms with Gasteiger partial charge in [-0.15, -0.1) is 0 Å². The van der Waals surface area contributed by atoms with Crippen LogP contribution in [0, 0.1) is 11.8 Å². The average Bonchev–Trinajstić information content (AvgIpc) is 1.94. The van der Waals surface area contributed by atoms with Crippen molar-refractivity contribution in [2.75, 3.05) is 19.6 Å². The minimum Gasteiger partial charge on any atom is -0.481 e. The van der Waals surface area contributed by atoms with Crippen LogP contribution in [0.25, 0.3) is 0 Å². The Morgan fingerprint density at radius 2 is 2.15 bits per heavy atom. The molecule has 1 atom stereocenters. The van der Waals surface area contributed by atoms with Crippen LogP contribution in [0.4, 0.5) is 0 Å². The van der Waals surface area contributed by atoms with Gasteiger partial charge in [0.05, 0.1) is 5.92 Å². The molecule has 1 aliphatic heterocycles. The largest absolute Gasteiger partial charge is 0.481 e. The van der Waals surface area contributed by atoms with Gasteiger partial charge in [0.2, 0.25) is 5.91 Å². The van der Waals surface area contributed by atoms with E-state index in [2.05, 4.69) is 0 Å². The molecule has 0 bridgehead atoms. The third-order valence-electron chi connectivity index (χ3n) is 2.32. The SMILES string of the molecule is CC(CN1CC(C(=O)O)C1)C(N)=O. The van der Waals surface area contributed by atoms with Crippen LogP contribution < -0.4 is 5.73 Å². The number of carbonyl (C=O) groups is 2. The molecular formula is C8H14N2O3. The number of hydrogen-bond donors (Lipinski definition) is 2. The van der Waals surface area contributed by atoms with E-state index in [-0.39, 0.29) is 17.7 Å². The van der Waals surface area contributed by atoms with Crippen LogP contribution in [0.1, 0.15) is 6.92 Å². The van der Waals surface area contributed by atoms with Gasteiger partial charge in [0.1, 0.15) is 0 Å². The molecule has 74 valence electrons. The van der Waals surface area contributed by atoms with Crippen LogP contribution in [0.5, 0.6) is 0 Å². The molecule has 13 heavy (non-hydrogen) atoms. The second-order valence-electron chi connectivity index (χ2n) is 3.56. The molecule has 1 unspecified atom stereocenters.